The van der Waals surface area contributed by atoms with Crippen molar-refractivity contribution in [3.8, 4) is 0 Å². The summed E-state index contributed by atoms with van der Waals surface area (Å²) in [5, 5.41) is 11.5. The number of rotatable bonds is 9. The Labute approximate surface area is 216 Å². The Balaban J connectivity index is 1.61. The predicted octanol–water partition coefficient (Wildman–Crippen LogP) is 5.28. The number of esters is 1. The van der Waals surface area contributed by atoms with Crippen LogP contribution in [0, 0.1) is 10.1 Å². The van der Waals surface area contributed by atoms with Crippen molar-refractivity contribution < 1.29 is 14.5 Å². The first-order chi connectivity index (χ1) is 17.8. The summed E-state index contributed by atoms with van der Waals surface area (Å²) < 4.78 is 5.76. The molecule has 8 heteroatoms. The molecule has 0 radical (unpaired) electrons. The van der Waals surface area contributed by atoms with Gasteiger partial charge in [0.05, 0.1) is 10.5 Å². The molecule has 0 saturated heterocycles. The summed E-state index contributed by atoms with van der Waals surface area (Å²) in [6.45, 7) is 5.21. The van der Waals surface area contributed by atoms with Crippen LogP contribution in [0.4, 0.5) is 5.69 Å². The van der Waals surface area contributed by atoms with E-state index in [0.717, 1.165) is 17.8 Å². The number of ether oxygens (including phenoxy) is 1. The minimum Gasteiger partial charge on any atom is -0.461 e. The fourth-order valence-electron chi connectivity index (χ4n) is 4.84. The van der Waals surface area contributed by atoms with Crippen molar-refractivity contribution in [2.24, 2.45) is 4.99 Å². The van der Waals surface area contributed by atoms with E-state index in [2.05, 4.69) is 22.0 Å². The second-order valence-electron chi connectivity index (χ2n) is 9.20. The van der Waals surface area contributed by atoms with Crippen LogP contribution in [0.2, 0.25) is 0 Å². The number of carbonyl (C=O) groups is 1. The van der Waals surface area contributed by atoms with E-state index in [4.69, 9.17) is 9.73 Å². The minimum atomic E-state index is -0.491. The van der Waals surface area contributed by atoms with Gasteiger partial charge in [0.1, 0.15) is 6.61 Å². The lowest BCUT2D eigenvalue weighted by molar-refractivity contribution is -0.384. The highest BCUT2D eigenvalue weighted by atomic mass is 16.6. The highest BCUT2D eigenvalue weighted by molar-refractivity contribution is 5.99. The summed E-state index contributed by atoms with van der Waals surface area (Å²) in [6, 6.07) is 20.3. The maximum Gasteiger partial charge on any atom is 0.336 e. The molecule has 1 aliphatic rings. The lowest BCUT2D eigenvalue weighted by atomic mass is 9.72. The van der Waals surface area contributed by atoms with E-state index in [-0.39, 0.29) is 18.2 Å². The van der Waals surface area contributed by atoms with E-state index >= 15 is 0 Å². The summed E-state index contributed by atoms with van der Waals surface area (Å²) in [7, 11) is 1.98. The highest BCUT2D eigenvalue weighted by Crippen LogP contribution is 2.45. The molecule has 0 N–H and O–H groups in total. The lowest BCUT2D eigenvalue weighted by Crippen LogP contribution is -2.30. The number of hydrogen-bond acceptors (Lipinski definition) is 7. The fraction of sp³-hybridized carbons (Fsp3) is 0.276. The van der Waals surface area contributed by atoms with Crippen LogP contribution in [-0.2, 0) is 16.1 Å². The number of likely N-dealkylation sites (N-methyl/N-ethyl adjacent to an activating group) is 1. The molecule has 0 fully saturated rings. The third-order valence-corrected chi connectivity index (χ3v) is 6.56. The second kappa shape index (κ2) is 11.7. The molecule has 2 unspecified atom stereocenters. The summed E-state index contributed by atoms with van der Waals surface area (Å²) >= 11 is 0. The number of aliphatic imine (C=N–C) groups is 1. The van der Waals surface area contributed by atoms with Gasteiger partial charge in [-0.2, -0.15) is 0 Å². The largest absolute Gasteiger partial charge is 0.461 e. The number of nitrogens with zero attached hydrogens (tertiary/aromatic N) is 4. The van der Waals surface area contributed by atoms with Crippen molar-refractivity contribution in [2.45, 2.75) is 32.2 Å². The van der Waals surface area contributed by atoms with Crippen LogP contribution in [0.1, 0.15) is 42.4 Å². The summed E-state index contributed by atoms with van der Waals surface area (Å²) in [5.74, 6) is -1.25. The monoisotopic (exact) mass is 498 g/mol. The summed E-state index contributed by atoms with van der Waals surface area (Å²) in [6.07, 6.45) is 3.39. The van der Waals surface area contributed by atoms with Gasteiger partial charge in [-0.1, -0.05) is 42.5 Å². The van der Waals surface area contributed by atoms with Gasteiger partial charge in [0.15, 0.2) is 0 Å². The Morgan fingerprint density at radius 2 is 1.73 bits per heavy atom. The van der Waals surface area contributed by atoms with Crippen molar-refractivity contribution in [2.75, 3.05) is 20.2 Å². The van der Waals surface area contributed by atoms with Crippen LogP contribution in [0.3, 0.4) is 0 Å². The molecule has 1 aromatic heterocycles. The number of benzene rings is 2. The van der Waals surface area contributed by atoms with E-state index < -0.39 is 16.8 Å². The van der Waals surface area contributed by atoms with E-state index in [0.29, 0.717) is 23.4 Å². The summed E-state index contributed by atoms with van der Waals surface area (Å²) in [5.41, 5.74) is 4.53. The fourth-order valence-corrected chi connectivity index (χ4v) is 4.84. The quantitative estimate of drug-likeness (QED) is 0.226. The zero-order chi connectivity index (χ0) is 26.4. The van der Waals surface area contributed by atoms with Crippen molar-refractivity contribution in [1.29, 1.82) is 0 Å². The molecule has 3 aromatic rings. The van der Waals surface area contributed by atoms with Crippen LogP contribution < -0.4 is 0 Å². The van der Waals surface area contributed by atoms with Crippen LogP contribution in [0.25, 0.3) is 0 Å². The molecule has 37 heavy (non-hydrogen) atoms. The van der Waals surface area contributed by atoms with Gasteiger partial charge < -0.3 is 4.74 Å². The topological polar surface area (TPSA) is 97.9 Å². The highest BCUT2D eigenvalue weighted by Gasteiger charge is 2.39. The molecule has 1 aliphatic heterocycles. The SMILES string of the molecule is CC1=NC(C)=C(C(=O)OCCN(C)Cc2ccccc2)C(c2cccc([N+](=O)[O-])c2)C1c1ccncc1. The number of pyridine rings is 1. The lowest BCUT2D eigenvalue weighted by Gasteiger charge is -2.33. The Bertz CT molecular complexity index is 1320. The molecule has 0 saturated carbocycles. The summed E-state index contributed by atoms with van der Waals surface area (Å²) in [4.78, 5) is 35.5. The van der Waals surface area contributed by atoms with Gasteiger partial charge in [-0.3, -0.25) is 25.0 Å². The van der Waals surface area contributed by atoms with Gasteiger partial charge in [-0.05, 0) is 49.7 Å². The molecular formula is C29H30N4O4. The Morgan fingerprint density at radius 1 is 1.00 bits per heavy atom. The van der Waals surface area contributed by atoms with Crippen molar-refractivity contribution >= 4 is 17.4 Å². The number of aromatic nitrogens is 1. The Morgan fingerprint density at radius 3 is 2.43 bits per heavy atom. The standard InChI is InChI=1S/C29H30N4O4/c1-20-26(23-12-14-30-15-13-23)28(24-10-7-11-25(18-24)33(35)36)27(21(2)31-20)29(34)37-17-16-32(3)19-22-8-5-4-6-9-22/h4-15,18,26,28H,16-17,19H2,1-3H3. The van der Waals surface area contributed by atoms with Gasteiger partial charge in [0.25, 0.3) is 5.69 Å². The van der Waals surface area contributed by atoms with E-state index in [1.165, 1.54) is 17.7 Å². The normalized spacial score (nSPS) is 17.5. The average molecular weight is 499 g/mol. The van der Waals surface area contributed by atoms with Gasteiger partial charge in [-0.15, -0.1) is 0 Å². The van der Waals surface area contributed by atoms with Gasteiger partial charge in [0.2, 0.25) is 0 Å². The number of nitro benzene ring substituents is 1. The predicted molar refractivity (Wildman–Crippen MR) is 142 cm³/mol. The molecule has 0 amide bonds. The molecule has 0 aliphatic carbocycles. The average Bonchev–Trinajstić information content (AvgIpc) is 2.89. The molecule has 0 bridgehead atoms. The van der Waals surface area contributed by atoms with Gasteiger partial charge >= 0.3 is 5.97 Å². The number of carbonyl (C=O) groups excluding carboxylic acids is 1. The molecular weight excluding hydrogens is 468 g/mol. The number of allylic oxidation sites excluding steroid dienone is 1. The van der Waals surface area contributed by atoms with E-state index in [9.17, 15) is 14.9 Å². The smallest absolute Gasteiger partial charge is 0.336 e. The molecule has 2 aromatic carbocycles. The first-order valence-electron chi connectivity index (χ1n) is 12.1. The van der Waals surface area contributed by atoms with Gasteiger partial charge in [-0.25, -0.2) is 4.79 Å². The molecule has 2 atom stereocenters. The van der Waals surface area contributed by atoms with Crippen molar-refractivity contribution in [3.05, 3.63) is 117 Å². The Hall–Kier alpha value is -4.17. The molecule has 0 spiro atoms. The number of non-ortho nitro benzene ring substituents is 1. The van der Waals surface area contributed by atoms with Crippen molar-refractivity contribution in [1.82, 2.24) is 9.88 Å². The maximum absolute atomic E-state index is 13.5. The Kier molecular flexibility index (Phi) is 8.20. The van der Waals surface area contributed by atoms with Gasteiger partial charge in [0, 0.05) is 60.9 Å². The van der Waals surface area contributed by atoms with Crippen LogP contribution in [-0.4, -0.2) is 46.7 Å². The molecule has 4 rings (SSSR count). The second-order valence-corrected chi connectivity index (χ2v) is 9.20. The zero-order valence-electron chi connectivity index (χ0n) is 21.2. The first-order valence-corrected chi connectivity index (χ1v) is 12.1. The molecule has 190 valence electrons. The van der Waals surface area contributed by atoms with Crippen molar-refractivity contribution in [3.63, 3.8) is 0 Å². The van der Waals surface area contributed by atoms with E-state index in [1.807, 2.05) is 50.4 Å². The third-order valence-electron chi connectivity index (χ3n) is 6.56. The molecule has 8 nitrogen and oxygen atoms in total. The van der Waals surface area contributed by atoms with Crippen LogP contribution in [0.5, 0.6) is 0 Å². The van der Waals surface area contributed by atoms with Crippen LogP contribution in [0.15, 0.2) is 95.4 Å². The maximum atomic E-state index is 13.5. The number of nitro groups is 1. The first kappa shape index (κ1) is 25.9. The third kappa shape index (κ3) is 6.16. The van der Waals surface area contributed by atoms with E-state index in [1.54, 1.807) is 25.4 Å². The number of hydrogen-bond donors (Lipinski definition) is 0. The zero-order valence-corrected chi connectivity index (χ0v) is 21.2. The van der Waals surface area contributed by atoms with Crippen LogP contribution >= 0.6 is 0 Å². The minimum absolute atomic E-state index is 0.0287. The molecule has 2 heterocycles.